The van der Waals surface area contributed by atoms with Gasteiger partial charge in [-0.3, -0.25) is 13.8 Å². The maximum Gasteiger partial charge on any atom is 0.264 e. The van der Waals surface area contributed by atoms with E-state index in [0.717, 1.165) is 12.8 Å². The molecule has 0 aliphatic rings. The van der Waals surface area contributed by atoms with E-state index in [1.807, 2.05) is 16.7 Å². The van der Waals surface area contributed by atoms with Crippen LogP contribution in [0, 0.1) is 0 Å². The normalized spacial score (nSPS) is 11.4. The largest absolute Gasteiger partial charge is 0.278 e. The summed E-state index contributed by atoms with van der Waals surface area (Å²) in [6.07, 6.45) is 7.24. The van der Waals surface area contributed by atoms with Crippen molar-refractivity contribution in [2.24, 2.45) is 0 Å². The minimum absolute atomic E-state index is 0.00903. The van der Waals surface area contributed by atoms with Crippen LogP contribution in [0.1, 0.15) is 19.8 Å². The second-order valence-electron chi connectivity index (χ2n) is 4.28. The molecule has 5 heteroatoms. The van der Waals surface area contributed by atoms with Gasteiger partial charge in [-0.15, -0.1) is 0 Å². The lowest BCUT2D eigenvalue weighted by Gasteiger charge is -2.09. The average Bonchev–Trinajstić information content (AvgIpc) is 2.88. The molecule has 0 N–H and O–H groups in total. The third-order valence-corrected chi connectivity index (χ3v) is 3.09. The van der Waals surface area contributed by atoms with Crippen molar-refractivity contribution in [3.05, 3.63) is 41.1 Å². The standard InChI is InChI=1S/C13H14N4O/c1-2-3-8-17-12(18)10-5-4-6-14-11(10)16-9-7-15-13(16)17/h4-7,9H,2-3,8H2,1H3. The first-order valence-corrected chi connectivity index (χ1v) is 6.13. The quantitative estimate of drug-likeness (QED) is 0.704. The Kier molecular flexibility index (Phi) is 2.59. The molecule has 0 saturated heterocycles. The van der Waals surface area contributed by atoms with E-state index in [1.165, 1.54) is 0 Å². The van der Waals surface area contributed by atoms with Gasteiger partial charge in [0.1, 0.15) is 0 Å². The molecule has 0 spiro atoms. The van der Waals surface area contributed by atoms with E-state index in [2.05, 4.69) is 16.9 Å². The second kappa shape index (κ2) is 4.25. The zero-order valence-corrected chi connectivity index (χ0v) is 10.2. The zero-order valence-electron chi connectivity index (χ0n) is 10.2. The molecule has 0 unspecified atom stereocenters. The highest BCUT2D eigenvalue weighted by Gasteiger charge is 2.11. The monoisotopic (exact) mass is 242 g/mol. The molecule has 3 aromatic heterocycles. The van der Waals surface area contributed by atoms with E-state index in [-0.39, 0.29) is 5.56 Å². The van der Waals surface area contributed by atoms with E-state index in [9.17, 15) is 4.79 Å². The molecule has 0 saturated carbocycles. The summed E-state index contributed by atoms with van der Waals surface area (Å²) >= 11 is 0. The van der Waals surface area contributed by atoms with Gasteiger partial charge in [-0.05, 0) is 18.6 Å². The minimum Gasteiger partial charge on any atom is -0.278 e. The lowest BCUT2D eigenvalue weighted by atomic mass is 10.3. The van der Waals surface area contributed by atoms with Gasteiger partial charge >= 0.3 is 0 Å². The lowest BCUT2D eigenvalue weighted by Crippen LogP contribution is -2.23. The molecule has 3 heterocycles. The van der Waals surface area contributed by atoms with Crippen LogP contribution in [0.4, 0.5) is 0 Å². The zero-order chi connectivity index (χ0) is 12.5. The van der Waals surface area contributed by atoms with E-state index in [4.69, 9.17) is 0 Å². The number of imidazole rings is 1. The molecule has 18 heavy (non-hydrogen) atoms. The fraction of sp³-hybridized carbons (Fsp3) is 0.308. The Hall–Kier alpha value is -2.17. The number of unbranched alkanes of at least 4 members (excludes halogenated alkanes) is 1. The van der Waals surface area contributed by atoms with Crippen LogP contribution >= 0.6 is 0 Å². The Morgan fingerprint density at radius 3 is 3.00 bits per heavy atom. The fourth-order valence-corrected chi connectivity index (χ4v) is 2.17. The molecule has 92 valence electrons. The van der Waals surface area contributed by atoms with E-state index < -0.39 is 0 Å². The average molecular weight is 242 g/mol. The molecule has 0 aliphatic carbocycles. The summed E-state index contributed by atoms with van der Waals surface area (Å²) in [5, 5.41) is 0.638. The van der Waals surface area contributed by atoms with Gasteiger partial charge in [-0.25, -0.2) is 9.97 Å². The predicted octanol–water partition coefficient (Wildman–Crippen LogP) is 1.84. The van der Waals surface area contributed by atoms with Crippen molar-refractivity contribution in [3.8, 4) is 0 Å². The lowest BCUT2D eigenvalue weighted by molar-refractivity contribution is 0.621. The van der Waals surface area contributed by atoms with Crippen molar-refractivity contribution in [1.29, 1.82) is 0 Å². The van der Waals surface area contributed by atoms with Crippen LogP contribution in [0.15, 0.2) is 35.5 Å². The summed E-state index contributed by atoms with van der Waals surface area (Å²) in [6.45, 7) is 2.80. The Morgan fingerprint density at radius 1 is 1.28 bits per heavy atom. The Labute approximate surface area is 104 Å². The highest BCUT2D eigenvalue weighted by molar-refractivity contribution is 5.76. The van der Waals surface area contributed by atoms with Crippen LogP contribution in [0.3, 0.4) is 0 Å². The Balaban J connectivity index is 2.41. The van der Waals surface area contributed by atoms with Crippen LogP contribution in [0.5, 0.6) is 0 Å². The molecule has 0 amide bonds. The molecule has 3 aromatic rings. The van der Waals surface area contributed by atoms with Crippen LogP contribution < -0.4 is 5.56 Å². The van der Waals surface area contributed by atoms with Gasteiger partial charge in [0.05, 0.1) is 5.39 Å². The molecule has 5 nitrogen and oxygen atoms in total. The Morgan fingerprint density at radius 2 is 2.17 bits per heavy atom. The van der Waals surface area contributed by atoms with E-state index in [1.54, 1.807) is 23.0 Å². The number of nitrogens with zero attached hydrogens (tertiary/aromatic N) is 4. The van der Waals surface area contributed by atoms with Crippen molar-refractivity contribution in [1.82, 2.24) is 18.9 Å². The van der Waals surface area contributed by atoms with Gasteiger partial charge in [-0.1, -0.05) is 13.3 Å². The topological polar surface area (TPSA) is 52.2 Å². The first-order chi connectivity index (χ1) is 8.83. The maximum atomic E-state index is 12.4. The van der Waals surface area contributed by atoms with Gasteiger partial charge in [0.2, 0.25) is 5.78 Å². The molecule has 3 rings (SSSR count). The Bertz CT molecular complexity index is 756. The number of fused-ring (bicyclic) bond motifs is 3. The van der Waals surface area contributed by atoms with Crippen LogP contribution in [-0.4, -0.2) is 18.9 Å². The van der Waals surface area contributed by atoms with Crippen molar-refractivity contribution >= 4 is 16.8 Å². The molecule has 0 radical (unpaired) electrons. The number of pyridine rings is 1. The number of aryl methyl sites for hydroxylation is 1. The van der Waals surface area contributed by atoms with Gasteiger partial charge < -0.3 is 0 Å². The molecule has 0 atom stereocenters. The molecule has 0 bridgehead atoms. The second-order valence-corrected chi connectivity index (χ2v) is 4.28. The van der Waals surface area contributed by atoms with Crippen molar-refractivity contribution in [3.63, 3.8) is 0 Å². The summed E-state index contributed by atoms with van der Waals surface area (Å²) in [6, 6.07) is 3.60. The SMILES string of the molecule is CCCCn1c(=O)c2cccnc2n2ccnc12. The number of hydrogen-bond acceptors (Lipinski definition) is 3. The molecule has 0 aromatic carbocycles. The van der Waals surface area contributed by atoms with E-state index >= 15 is 0 Å². The predicted molar refractivity (Wildman–Crippen MR) is 69.7 cm³/mol. The number of rotatable bonds is 3. The summed E-state index contributed by atoms with van der Waals surface area (Å²) in [7, 11) is 0. The molecule has 0 fully saturated rings. The summed E-state index contributed by atoms with van der Waals surface area (Å²) < 4.78 is 3.60. The first kappa shape index (κ1) is 11.0. The highest BCUT2D eigenvalue weighted by atomic mass is 16.1. The molecular formula is C13H14N4O. The highest BCUT2D eigenvalue weighted by Crippen LogP contribution is 2.10. The minimum atomic E-state index is -0.00903. The van der Waals surface area contributed by atoms with Crippen LogP contribution in [-0.2, 0) is 6.54 Å². The molecule has 0 aliphatic heterocycles. The van der Waals surface area contributed by atoms with Crippen LogP contribution in [0.25, 0.3) is 16.8 Å². The van der Waals surface area contributed by atoms with Gasteiger partial charge in [0.25, 0.3) is 5.56 Å². The maximum absolute atomic E-state index is 12.4. The first-order valence-electron chi connectivity index (χ1n) is 6.13. The van der Waals surface area contributed by atoms with Crippen molar-refractivity contribution in [2.75, 3.05) is 0 Å². The third-order valence-electron chi connectivity index (χ3n) is 3.09. The van der Waals surface area contributed by atoms with Crippen molar-refractivity contribution in [2.45, 2.75) is 26.3 Å². The van der Waals surface area contributed by atoms with E-state index in [0.29, 0.717) is 23.4 Å². The van der Waals surface area contributed by atoms with Crippen molar-refractivity contribution < 1.29 is 0 Å². The van der Waals surface area contributed by atoms with Gasteiger partial charge in [0, 0.05) is 25.1 Å². The van der Waals surface area contributed by atoms with Gasteiger partial charge in [0.15, 0.2) is 5.65 Å². The van der Waals surface area contributed by atoms with Crippen LogP contribution in [0.2, 0.25) is 0 Å². The summed E-state index contributed by atoms with van der Waals surface area (Å²) in [4.78, 5) is 21.0. The smallest absolute Gasteiger partial charge is 0.264 e. The number of aromatic nitrogens is 4. The van der Waals surface area contributed by atoms with Gasteiger partial charge in [-0.2, -0.15) is 0 Å². The third kappa shape index (κ3) is 1.51. The molecular weight excluding hydrogens is 228 g/mol. The summed E-state index contributed by atoms with van der Waals surface area (Å²) in [5.74, 6) is 0.666. The summed E-state index contributed by atoms with van der Waals surface area (Å²) in [5.41, 5.74) is 0.660. The fourth-order valence-electron chi connectivity index (χ4n) is 2.17. The number of hydrogen-bond donors (Lipinski definition) is 0.